The van der Waals surface area contributed by atoms with Crippen LogP contribution in [-0.2, 0) is 4.79 Å². The van der Waals surface area contributed by atoms with E-state index in [0.717, 1.165) is 18.9 Å². The number of phenols is 1. The van der Waals surface area contributed by atoms with E-state index in [1.54, 1.807) is 12.1 Å². The molecule has 1 aromatic carbocycles. The van der Waals surface area contributed by atoms with Crippen molar-refractivity contribution < 1.29 is 14.7 Å². The minimum absolute atomic E-state index is 0.0157. The Labute approximate surface area is 149 Å². The molecule has 1 aromatic heterocycles. The summed E-state index contributed by atoms with van der Waals surface area (Å²) in [7, 11) is 0. The van der Waals surface area contributed by atoms with Crippen LogP contribution in [0.4, 0.5) is 0 Å². The van der Waals surface area contributed by atoms with E-state index >= 15 is 0 Å². The Kier molecular flexibility index (Phi) is 5.17. The van der Waals surface area contributed by atoms with Gasteiger partial charge in [0.2, 0.25) is 5.91 Å². The van der Waals surface area contributed by atoms with Crippen molar-refractivity contribution in [1.29, 1.82) is 0 Å². The van der Waals surface area contributed by atoms with E-state index < -0.39 is 5.91 Å². The average molecular weight is 353 g/mol. The number of benzene rings is 1. The lowest BCUT2D eigenvalue weighted by molar-refractivity contribution is -0.120. The van der Waals surface area contributed by atoms with Gasteiger partial charge >= 0.3 is 0 Å². The van der Waals surface area contributed by atoms with Gasteiger partial charge in [0, 0.05) is 18.0 Å². The van der Waals surface area contributed by atoms with E-state index in [0.29, 0.717) is 6.54 Å². The Hall–Kier alpha value is -3.35. The molecule has 1 aliphatic carbocycles. The number of hydrogen-bond acceptors (Lipinski definition) is 4. The first-order valence-corrected chi connectivity index (χ1v) is 8.30. The number of allylic oxidation sites excluding steroid dienone is 3. The van der Waals surface area contributed by atoms with Crippen molar-refractivity contribution in [3.8, 4) is 5.75 Å². The molecule has 0 atom stereocenters. The third-order valence-corrected chi connectivity index (χ3v) is 4.08. The molecule has 1 aliphatic rings. The molecule has 2 aromatic rings. The highest BCUT2D eigenvalue weighted by Gasteiger charge is 2.12. The number of phenolic OH excluding ortho intramolecular Hbond substituents is 1. The summed E-state index contributed by atoms with van der Waals surface area (Å²) in [5, 5.41) is 15.3. The van der Waals surface area contributed by atoms with Crippen molar-refractivity contribution in [2.75, 3.05) is 13.1 Å². The molecule has 0 radical (unpaired) electrons. The first-order valence-electron chi connectivity index (χ1n) is 8.30. The van der Waals surface area contributed by atoms with Crippen LogP contribution in [0.5, 0.6) is 5.75 Å². The molecular formula is C19H19N3O4. The van der Waals surface area contributed by atoms with Gasteiger partial charge in [-0.2, -0.15) is 0 Å². The van der Waals surface area contributed by atoms with E-state index in [1.165, 1.54) is 11.6 Å². The van der Waals surface area contributed by atoms with E-state index in [1.807, 2.05) is 6.08 Å². The molecule has 0 saturated heterocycles. The maximum absolute atomic E-state index is 12.2. The number of nitrogens with one attached hydrogen (secondary N) is 3. The molecule has 0 spiro atoms. The topological polar surface area (TPSA) is 111 Å². The zero-order chi connectivity index (χ0) is 18.5. The SMILES string of the molecule is O=C(CNC(=O)c1cc(=O)c2cccc(O)c2[nH]1)NCCC1=CCC=C1. The van der Waals surface area contributed by atoms with Gasteiger partial charge in [-0.1, -0.05) is 29.9 Å². The lowest BCUT2D eigenvalue weighted by atomic mass is 10.1. The average Bonchev–Trinajstić information content (AvgIpc) is 3.14. The third-order valence-electron chi connectivity index (χ3n) is 4.08. The first-order chi connectivity index (χ1) is 12.5. The molecule has 4 N–H and O–H groups in total. The van der Waals surface area contributed by atoms with Crippen LogP contribution in [-0.4, -0.2) is 35.0 Å². The Morgan fingerprint density at radius 2 is 2.08 bits per heavy atom. The number of para-hydroxylation sites is 1. The highest BCUT2D eigenvalue weighted by molar-refractivity contribution is 5.97. The van der Waals surface area contributed by atoms with Gasteiger partial charge in [0.05, 0.1) is 12.1 Å². The monoisotopic (exact) mass is 353 g/mol. The number of hydrogen-bond donors (Lipinski definition) is 4. The summed E-state index contributed by atoms with van der Waals surface area (Å²) in [6.07, 6.45) is 7.85. The molecule has 26 heavy (non-hydrogen) atoms. The second-order valence-electron chi connectivity index (χ2n) is 5.95. The smallest absolute Gasteiger partial charge is 0.268 e. The van der Waals surface area contributed by atoms with Crippen LogP contribution >= 0.6 is 0 Å². The molecule has 7 nitrogen and oxygen atoms in total. The van der Waals surface area contributed by atoms with Crippen LogP contribution < -0.4 is 16.1 Å². The predicted octanol–water partition coefficient (Wildman–Crippen LogP) is 1.36. The molecule has 0 aliphatic heterocycles. The number of aromatic nitrogens is 1. The van der Waals surface area contributed by atoms with Crippen LogP contribution in [0.3, 0.4) is 0 Å². The number of fused-ring (bicyclic) bond motifs is 1. The van der Waals surface area contributed by atoms with Crippen LogP contribution in [0.2, 0.25) is 0 Å². The number of H-pyrrole nitrogens is 1. The first kappa shape index (κ1) is 17.5. The van der Waals surface area contributed by atoms with Crippen molar-refractivity contribution in [3.05, 3.63) is 64.0 Å². The number of rotatable bonds is 6. The Bertz CT molecular complexity index is 972. The third kappa shape index (κ3) is 4.00. The quantitative estimate of drug-likeness (QED) is 0.628. The summed E-state index contributed by atoms with van der Waals surface area (Å²) in [6, 6.07) is 5.67. The van der Waals surface area contributed by atoms with Gasteiger partial charge in [0.25, 0.3) is 5.91 Å². The van der Waals surface area contributed by atoms with Crippen LogP contribution in [0, 0.1) is 0 Å². The van der Waals surface area contributed by atoms with Gasteiger partial charge in [0.1, 0.15) is 11.4 Å². The fourth-order valence-electron chi connectivity index (χ4n) is 2.74. The Balaban J connectivity index is 1.57. The molecule has 1 heterocycles. The number of aromatic hydroxyl groups is 1. The van der Waals surface area contributed by atoms with E-state index in [4.69, 9.17) is 0 Å². The minimum Gasteiger partial charge on any atom is -0.506 e. The number of amides is 2. The predicted molar refractivity (Wildman–Crippen MR) is 98.0 cm³/mol. The van der Waals surface area contributed by atoms with Crippen molar-refractivity contribution >= 4 is 22.7 Å². The van der Waals surface area contributed by atoms with Crippen LogP contribution in [0.15, 0.2) is 52.9 Å². The number of carbonyl (C=O) groups is 2. The molecule has 0 unspecified atom stereocenters. The van der Waals surface area contributed by atoms with Crippen LogP contribution in [0.25, 0.3) is 10.9 Å². The molecule has 7 heteroatoms. The second-order valence-corrected chi connectivity index (χ2v) is 5.95. The summed E-state index contributed by atoms with van der Waals surface area (Å²) < 4.78 is 0. The summed E-state index contributed by atoms with van der Waals surface area (Å²) in [4.78, 5) is 38.8. The van der Waals surface area contributed by atoms with Crippen LogP contribution in [0.1, 0.15) is 23.3 Å². The van der Waals surface area contributed by atoms with E-state index in [9.17, 15) is 19.5 Å². The lowest BCUT2D eigenvalue weighted by Gasteiger charge is -2.08. The van der Waals surface area contributed by atoms with Gasteiger partial charge in [-0.15, -0.1) is 0 Å². The fourth-order valence-corrected chi connectivity index (χ4v) is 2.74. The van der Waals surface area contributed by atoms with Crippen molar-refractivity contribution in [2.45, 2.75) is 12.8 Å². The molecule has 134 valence electrons. The maximum atomic E-state index is 12.2. The number of pyridine rings is 1. The highest BCUT2D eigenvalue weighted by Crippen LogP contribution is 2.19. The minimum atomic E-state index is -0.594. The molecular weight excluding hydrogens is 334 g/mol. The molecule has 2 amide bonds. The summed E-state index contributed by atoms with van der Waals surface area (Å²) in [5.41, 5.74) is 0.968. The van der Waals surface area contributed by atoms with Crippen molar-refractivity contribution in [2.24, 2.45) is 0 Å². The van der Waals surface area contributed by atoms with Crippen molar-refractivity contribution in [1.82, 2.24) is 15.6 Å². The normalized spacial score (nSPS) is 12.8. The second kappa shape index (κ2) is 7.69. The van der Waals surface area contributed by atoms with E-state index in [2.05, 4.69) is 27.8 Å². The Morgan fingerprint density at radius 1 is 1.23 bits per heavy atom. The summed E-state index contributed by atoms with van der Waals surface area (Å²) in [6.45, 7) is 0.292. The zero-order valence-electron chi connectivity index (χ0n) is 14.0. The van der Waals surface area contributed by atoms with Crippen molar-refractivity contribution in [3.63, 3.8) is 0 Å². The summed E-state index contributed by atoms with van der Waals surface area (Å²) >= 11 is 0. The Morgan fingerprint density at radius 3 is 2.85 bits per heavy atom. The van der Waals surface area contributed by atoms with Gasteiger partial charge in [-0.25, -0.2) is 0 Å². The van der Waals surface area contributed by atoms with Gasteiger partial charge < -0.3 is 20.7 Å². The standard InChI is InChI=1S/C19H19N3O4/c23-15-7-3-6-13-16(24)10-14(22-18(13)15)19(26)21-11-17(25)20-9-8-12-4-1-2-5-12/h1,3-7,10,23H,2,8-9,11H2,(H,20,25)(H,21,26)(H,22,24). The van der Waals surface area contributed by atoms with Gasteiger partial charge in [-0.05, 0) is 25.0 Å². The maximum Gasteiger partial charge on any atom is 0.268 e. The molecule has 0 fully saturated rings. The number of aromatic amines is 1. The molecule has 0 bridgehead atoms. The fraction of sp³-hybridized carbons (Fsp3) is 0.211. The summed E-state index contributed by atoms with van der Waals surface area (Å²) in [5.74, 6) is -1.03. The molecule has 0 saturated carbocycles. The van der Waals surface area contributed by atoms with Gasteiger partial charge in [-0.3, -0.25) is 14.4 Å². The lowest BCUT2D eigenvalue weighted by Crippen LogP contribution is -2.37. The van der Waals surface area contributed by atoms with Gasteiger partial charge in [0.15, 0.2) is 5.43 Å². The largest absolute Gasteiger partial charge is 0.506 e. The molecule has 3 rings (SSSR count). The highest BCUT2D eigenvalue weighted by atomic mass is 16.3. The van der Waals surface area contributed by atoms with E-state index in [-0.39, 0.29) is 40.2 Å². The zero-order valence-corrected chi connectivity index (χ0v) is 14.0. The number of carbonyl (C=O) groups excluding carboxylic acids is 2.